The van der Waals surface area contributed by atoms with Gasteiger partial charge in [-0.25, -0.2) is 0 Å². The number of aryl methyl sites for hydroxylation is 2. The van der Waals surface area contributed by atoms with E-state index in [-0.39, 0.29) is 24.2 Å². The van der Waals surface area contributed by atoms with Crippen molar-refractivity contribution in [3.05, 3.63) is 34.9 Å². The van der Waals surface area contributed by atoms with Gasteiger partial charge in [0.2, 0.25) is 5.91 Å². The first-order valence-corrected chi connectivity index (χ1v) is 7.92. The minimum Gasteiger partial charge on any atom is -0.352 e. The molecule has 1 aromatic carbocycles. The van der Waals surface area contributed by atoms with Crippen LogP contribution < -0.4 is 10.6 Å². The van der Waals surface area contributed by atoms with Gasteiger partial charge in [-0.05, 0) is 61.8 Å². The number of benzene rings is 1. The van der Waals surface area contributed by atoms with Gasteiger partial charge < -0.3 is 10.6 Å². The molecule has 1 fully saturated rings. The van der Waals surface area contributed by atoms with Crippen molar-refractivity contribution in [3.8, 4) is 0 Å². The average molecular weight is 309 g/mol. The Morgan fingerprint density at radius 3 is 2.76 bits per heavy atom. The lowest BCUT2D eigenvalue weighted by molar-refractivity contribution is -0.125. The summed E-state index contributed by atoms with van der Waals surface area (Å²) < 4.78 is 0. The van der Waals surface area contributed by atoms with Crippen LogP contribution in [-0.2, 0) is 24.2 Å². The fraction of sp³-hybridized carbons (Fsp3) is 0.588. The Labute approximate surface area is 133 Å². The van der Waals surface area contributed by atoms with Gasteiger partial charge in [0.1, 0.15) is 0 Å². The van der Waals surface area contributed by atoms with E-state index in [1.165, 1.54) is 42.4 Å². The molecule has 1 aliphatic heterocycles. The van der Waals surface area contributed by atoms with Crippen molar-refractivity contribution in [2.75, 3.05) is 13.1 Å². The van der Waals surface area contributed by atoms with Crippen LogP contribution in [0, 0.1) is 5.92 Å². The molecule has 2 aliphatic rings. The third-order valence-corrected chi connectivity index (χ3v) is 4.55. The van der Waals surface area contributed by atoms with Gasteiger partial charge in [0, 0.05) is 13.1 Å². The molecular weight excluding hydrogens is 284 g/mol. The number of piperidine rings is 1. The fourth-order valence-electron chi connectivity index (χ4n) is 3.31. The molecule has 1 saturated heterocycles. The zero-order chi connectivity index (χ0) is 13.8. The predicted octanol–water partition coefficient (Wildman–Crippen LogP) is 2.60. The molecule has 1 aromatic rings. The number of rotatable bonds is 3. The van der Waals surface area contributed by atoms with Gasteiger partial charge in [-0.15, -0.1) is 12.4 Å². The Kier molecular flexibility index (Phi) is 6.07. The molecule has 0 radical (unpaired) electrons. The summed E-state index contributed by atoms with van der Waals surface area (Å²) in [4.78, 5) is 12.1. The molecule has 0 bridgehead atoms. The zero-order valence-corrected chi connectivity index (χ0v) is 13.3. The molecule has 2 N–H and O–H groups in total. The van der Waals surface area contributed by atoms with Crippen molar-refractivity contribution in [3.63, 3.8) is 0 Å². The molecule has 1 unspecified atom stereocenters. The van der Waals surface area contributed by atoms with Gasteiger partial charge in [0.25, 0.3) is 0 Å². The Morgan fingerprint density at radius 2 is 2.00 bits per heavy atom. The van der Waals surface area contributed by atoms with Gasteiger partial charge >= 0.3 is 0 Å². The summed E-state index contributed by atoms with van der Waals surface area (Å²) in [5, 5.41) is 6.39. The maximum Gasteiger partial charge on any atom is 0.224 e. The summed E-state index contributed by atoms with van der Waals surface area (Å²) in [6.45, 7) is 2.55. The topological polar surface area (TPSA) is 41.1 Å². The van der Waals surface area contributed by atoms with Crippen LogP contribution in [0.4, 0.5) is 0 Å². The molecule has 1 heterocycles. The highest BCUT2D eigenvalue weighted by molar-refractivity contribution is 5.85. The van der Waals surface area contributed by atoms with Crippen molar-refractivity contribution in [2.24, 2.45) is 5.92 Å². The van der Waals surface area contributed by atoms with Crippen LogP contribution in [0.2, 0.25) is 0 Å². The van der Waals surface area contributed by atoms with Crippen molar-refractivity contribution in [1.82, 2.24) is 10.6 Å². The predicted molar refractivity (Wildman–Crippen MR) is 87.8 cm³/mol. The number of hydrogen-bond acceptors (Lipinski definition) is 2. The van der Waals surface area contributed by atoms with Crippen LogP contribution in [0.5, 0.6) is 0 Å². The van der Waals surface area contributed by atoms with Crippen molar-refractivity contribution < 1.29 is 4.79 Å². The number of carbonyl (C=O) groups excluding carboxylic acids is 1. The lowest BCUT2D eigenvalue weighted by Crippen LogP contribution is -2.40. The van der Waals surface area contributed by atoms with Crippen LogP contribution in [-0.4, -0.2) is 19.0 Å². The summed E-state index contributed by atoms with van der Waals surface area (Å²) >= 11 is 0. The van der Waals surface area contributed by atoms with E-state index in [4.69, 9.17) is 0 Å². The van der Waals surface area contributed by atoms with Crippen LogP contribution in [0.25, 0.3) is 0 Å². The molecule has 0 spiro atoms. The van der Waals surface area contributed by atoms with Gasteiger partial charge in [0.15, 0.2) is 0 Å². The molecule has 1 atom stereocenters. The maximum absolute atomic E-state index is 12.1. The first-order chi connectivity index (χ1) is 9.83. The number of nitrogens with one attached hydrogen (secondary N) is 2. The number of amides is 1. The zero-order valence-electron chi connectivity index (χ0n) is 12.5. The molecule has 3 rings (SSSR count). The standard InChI is InChI=1S/C17H24N2O.ClH/c20-17(16-6-3-9-18-12-16)19-11-13-7-8-14-4-1-2-5-15(14)10-13;/h7-8,10,16,18H,1-6,9,11-12H2,(H,19,20);1H. The Hall–Kier alpha value is -1.06. The van der Waals surface area contributed by atoms with Crippen molar-refractivity contribution >= 4 is 18.3 Å². The first kappa shape index (κ1) is 16.3. The van der Waals surface area contributed by atoms with E-state index in [9.17, 15) is 4.79 Å². The third-order valence-electron chi connectivity index (χ3n) is 4.55. The molecule has 0 aromatic heterocycles. The minimum absolute atomic E-state index is 0. The van der Waals surface area contributed by atoms with Gasteiger partial charge in [-0.3, -0.25) is 4.79 Å². The van der Waals surface area contributed by atoms with E-state index in [2.05, 4.69) is 28.8 Å². The summed E-state index contributed by atoms with van der Waals surface area (Å²) in [5.41, 5.74) is 4.23. The monoisotopic (exact) mass is 308 g/mol. The summed E-state index contributed by atoms with van der Waals surface area (Å²) in [5.74, 6) is 0.358. The fourth-order valence-corrected chi connectivity index (χ4v) is 3.31. The third kappa shape index (κ3) is 4.21. The molecule has 3 nitrogen and oxygen atoms in total. The smallest absolute Gasteiger partial charge is 0.224 e. The normalized spacial score (nSPS) is 21.0. The largest absolute Gasteiger partial charge is 0.352 e. The highest BCUT2D eigenvalue weighted by Gasteiger charge is 2.20. The average Bonchev–Trinajstić information content (AvgIpc) is 2.53. The molecular formula is C17H25ClN2O. The number of fused-ring (bicyclic) bond motifs is 1. The Bertz CT molecular complexity index is 484. The second-order valence-corrected chi connectivity index (χ2v) is 6.07. The SMILES string of the molecule is Cl.O=C(NCc1ccc2c(c1)CCCC2)C1CCCNC1. The summed E-state index contributed by atoms with van der Waals surface area (Å²) in [6.07, 6.45) is 7.16. The second-order valence-electron chi connectivity index (χ2n) is 6.07. The molecule has 1 amide bonds. The molecule has 1 aliphatic carbocycles. The van der Waals surface area contributed by atoms with E-state index in [1.807, 2.05) is 0 Å². The number of hydrogen-bond donors (Lipinski definition) is 2. The number of carbonyl (C=O) groups is 1. The minimum atomic E-state index is 0. The van der Waals surface area contributed by atoms with E-state index in [0.717, 1.165) is 25.9 Å². The van der Waals surface area contributed by atoms with Crippen molar-refractivity contribution in [1.29, 1.82) is 0 Å². The first-order valence-electron chi connectivity index (χ1n) is 7.92. The van der Waals surface area contributed by atoms with Crippen LogP contribution >= 0.6 is 12.4 Å². The van der Waals surface area contributed by atoms with E-state index in [1.54, 1.807) is 0 Å². The number of halogens is 1. The highest BCUT2D eigenvalue weighted by Crippen LogP contribution is 2.22. The quantitative estimate of drug-likeness (QED) is 0.901. The second kappa shape index (κ2) is 7.81. The van der Waals surface area contributed by atoms with Crippen molar-refractivity contribution in [2.45, 2.75) is 45.1 Å². The molecule has 21 heavy (non-hydrogen) atoms. The molecule has 0 saturated carbocycles. The highest BCUT2D eigenvalue weighted by atomic mass is 35.5. The van der Waals surface area contributed by atoms with Gasteiger partial charge in [-0.1, -0.05) is 18.2 Å². The summed E-state index contributed by atoms with van der Waals surface area (Å²) in [6, 6.07) is 6.70. The lowest BCUT2D eigenvalue weighted by atomic mass is 9.90. The van der Waals surface area contributed by atoms with Crippen LogP contribution in [0.15, 0.2) is 18.2 Å². The van der Waals surface area contributed by atoms with E-state index >= 15 is 0 Å². The van der Waals surface area contributed by atoms with Gasteiger partial charge in [-0.2, -0.15) is 0 Å². The van der Waals surface area contributed by atoms with E-state index in [0.29, 0.717) is 6.54 Å². The van der Waals surface area contributed by atoms with Gasteiger partial charge in [0.05, 0.1) is 5.92 Å². The summed E-state index contributed by atoms with van der Waals surface area (Å²) in [7, 11) is 0. The molecule has 116 valence electrons. The lowest BCUT2D eigenvalue weighted by Gasteiger charge is -2.22. The van der Waals surface area contributed by atoms with Crippen LogP contribution in [0.1, 0.15) is 42.4 Å². The van der Waals surface area contributed by atoms with Crippen LogP contribution in [0.3, 0.4) is 0 Å². The Morgan fingerprint density at radius 1 is 1.19 bits per heavy atom. The van der Waals surface area contributed by atoms with E-state index < -0.39 is 0 Å². The Balaban J connectivity index is 0.00000161. The maximum atomic E-state index is 12.1. The molecule has 4 heteroatoms.